The van der Waals surface area contributed by atoms with Crippen LogP contribution in [0.25, 0.3) is 6.08 Å². The van der Waals surface area contributed by atoms with Crippen molar-refractivity contribution in [1.29, 1.82) is 5.26 Å². The molecule has 7 heteroatoms. The number of carbonyl (C=O) groups is 1. The van der Waals surface area contributed by atoms with Crippen molar-refractivity contribution >= 4 is 29.1 Å². The first kappa shape index (κ1) is 31.0. The molecular weight excluding hydrogens is 540 g/mol. The van der Waals surface area contributed by atoms with E-state index in [9.17, 15) is 10.1 Å². The molecule has 1 aliphatic rings. The average Bonchev–Trinajstić information content (AvgIpc) is 3.00. The van der Waals surface area contributed by atoms with Gasteiger partial charge in [-0.3, -0.25) is 0 Å². The van der Waals surface area contributed by atoms with Crippen LogP contribution in [0.15, 0.2) is 95.6 Å². The Morgan fingerprint density at radius 3 is 2.07 bits per heavy atom. The van der Waals surface area contributed by atoms with Gasteiger partial charge in [0.25, 0.3) is 0 Å². The van der Waals surface area contributed by atoms with Crippen LogP contribution < -0.4 is 19.1 Å². The summed E-state index contributed by atoms with van der Waals surface area (Å²) in [6.45, 7) is 6.22. The number of nitrogens with zero attached hydrogens (tertiary/aromatic N) is 2. The molecule has 0 aliphatic heterocycles. The number of benzene rings is 3. The van der Waals surface area contributed by atoms with Crippen molar-refractivity contribution in [3.8, 4) is 23.3 Å². The standard InChI is InChI=1S/C36H38N2O5/c1-7-43-35(39)33(24-37)27-18-25(22-36(2,3)23-27)14-15-26-16-17-30(21-34(26)42-6)38(28-10-8-12-31(19-28)40-4)29-11-9-13-32(20-29)41-5/h8-21H,7,22-23H2,1-6H3/b15-14+,33-27+. The molecule has 0 atom stereocenters. The van der Waals surface area contributed by atoms with Gasteiger partial charge in [0.1, 0.15) is 28.9 Å². The summed E-state index contributed by atoms with van der Waals surface area (Å²) in [6.07, 6.45) is 7.39. The Morgan fingerprint density at radius 2 is 1.51 bits per heavy atom. The number of anilines is 3. The van der Waals surface area contributed by atoms with Gasteiger partial charge in [0, 0.05) is 40.8 Å². The van der Waals surface area contributed by atoms with Crippen LogP contribution >= 0.6 is 0 Å². The van der Waals surface area contributed by atoms with Crippen LogP contribution in [0.2, 0.25) is 0 Å². The lowest BCUT2D eigenvalue weighted by molar-refractivity contribution is -0.138. The number of hydrogen-bond acceptors (Lipinski definition) is 7. The highest BCUT2D eigenvalue weighted by Gasteiger charge is 2.28. The minimum Gasteiger partial charge on any atom is -0.497 e. The molecule has 4 rings (SSSR count). The van der Waals surface area contributed by atoms with E-state index in [4.69, 9.17) is 18.9 Å². The number of rotatable bonds is 10. The molecule has 43 heavy (non-hydrogen) atoms. The van der Waals surface area contributed by atoms with E-state index in [0.29, 0.717) is 17.7 Å². The molecule has 0 bridgehead atoms. The summed E-state index contributed by atoms with van der Waals surface area (Å²) in [6, 6.07) is 23.9. The zero-order chi connectivity index (χ0) is 31.0. The van der Waals surface area contributed by atoms with E-state index in [1.54, 1.807) is 28.3 Å². The summed E-state index contributed by atoms with van der Waals surface area (Å²) >= 11 is 0. The molecule has 0 heterocycles. The Kier molecular flexibility index (Phi) is 9.95. The normalized spacial score (nSPS) is 15.2. The number of nitriles is 1. The van der Waals surface area contributed by atoms with Crippen molar-refractivity contribution in [3.05, 3.63) is 101 Å². The summed E-state index contributed by atoms with van der Waals surface area (Å²) in [5, 5.41) is 9.71. The summed E-state index contributed by atoms with van der Waals surface area (Å²) in [7, 11) is 4.96. The second-order valence-electron chi connectivity index (χ2n) is 11.0. The number of allylic oxidation sites excluding steroid dienone is 4. The van der Waals surface area contributed by atoms with Crippen molar-refractivity contribution < 1.29 is 23.7 Å². The fourth-order valence-electron chi connectivity index (χ4n) is 5.30. The number of hydrogen-bond donors (Lipinski definition) is 0. The smallest absolute Gasteiger partial charge is 0.349 e. The molecule has 0 fully saturated rings. The van der Waals surface area contributed by atoms with Gasteiger partial charge in [-0.1, -0.05) is 44.2 Å². The van der Waals surface area contributed by atoms with E-state index >= 15 is 0 Å². The van der Waals surface area contributed by atoms with E-state index in [-0.39, 0.29) is 17.6 Å². The third-order valence-electron chi connectivity index (χ3n) is 7.20. The van der Waals surface area contributed by atoms with Gasteiger partial charge in [0.05, 0.1) is 27.9 Å². The first-order valence-electron chi connectivity index (χ1n) is 14.2. The molecule has 0 saturated carbocycles. The van der Waals surface area contributed by atoms with E-state index in [2.05, 4.69) is 24.8 Å². The molecule has 0 aromatic heterocycles. The SMILES string of the molecule is CCOC(=O)/C(C#N)=C1C=C(/C=C/c2ccc(N(c3cccc(OC)c3)c3cccc(OC)c3)cc2OC)CC(C)(C)C\1. The van der Waals surface area contributed by atoms with E-state index in [1.807, 2.05) is 85.0 Å². The van der Waals surface area contributed by atoms with Gasteiger partial charge in [-0.2, -0.15) is 5.26 Å². The van der Waals surface area contributed by atoms with Gasteiger partial charge in [-0.05, 0) is 72.7 Å². The van der Waals surface area contributed by atoms with E-state index < -0.39 is 5.97 Å². The third kappa shape index (κ3) is 7.47. The van der Waals surface area contributed by atoms with Crippen molar-refractivity contribution in [1.82, 2.24) is 0 Å². The van der Waals surface area contributed by atoms with Crippen molar-refractivity contribution in [2.24, 2.45) is 5.41 Å². The fraction of sp³-hybridized carbons (Fsp3) is 0.278. The molecule has 0 radical (unpaired) electrons. The lowest BCUT2D eigenvalue weighted by Crippen LogP contribution is -2.19. The Labute approximate surface area is 254 Å². The minimum absolute atomic E-state index is 0.0673. The van der Waals surface area contributed by atoms with Crippen molar-refractivity contribution in [2.75, 3.05) is 32.8 Å². The highest BCUT2D eigenvalue weighted by Crippen LogP contribution is 2.42. The Bertz CT molecular complexity index is 1560. The molecule has 0 amide bonds. The maximum Gasteiger partial charge on any atom is 0.349 e. The first-order chi connectivity index (χ1) is 20.7. The van der Waals surface area contributed by atoms with E-state index in [1.165, 1.54) is 0 Å². The summed E-state index contributed by atoms with van der Waals surface area (Å²) in [4.78, 5) is 14.5. The molecule has 0 N–H and O–H groups in total. The predicted molar refractivity (Wildman–Crippen MR) is 170 cm³/mol. The Hall–Kier alpha value is -4.96. The largest absolute Gasteiger partial charge is 0.497 e. The zero-order valence-electron chi connectivity index (χ0n) is 25.6. The molecular formula is C36H38N2O5. The quantitative estimate of drug-likeness (QED) is 0.136. The van der Waals surface area contributed by atoms with Gasteiger partial charge in [0.15, 0.2) is 0 Å². The van der Waals surface area contributed by atoms with Crippen LogP contribution in [0.4, 0.5) is 17.1 Å². The van der Waals surface area contributed by atoms with Crippen molar-refractivity contribution in [2.45, 2.75) is 33.6 Å². The summed E-state index contributed by atoms with van der Waals surface area (Å²) in [5.41, 5.74) is 5.28. The maximum absolute atomic E-state index is 12.4. The monoisotopic (exact) mass is 578 g/mol. The van der Waals surface area contributed by atoms with Crippen LogP contribution in [0.1, 0.15) is 39.2 Å². The van der Waals surface area contributed by atoms with Crippen molar-refractivity contribution in [3.63, 3.8) is 0 Å². The maximum atomic E-state index is 12.4. The lowest BCUT2D eigenvalue weighted by atomic mass is 9.74. The zero-order valence-corrected chi connectivity index (χ0v) is 25.6. The number of esters is 1. The molecule has 1 aliphatic carbocycles. The van der Waals surface area contributed by atoms with Crippen LogP contribution in [-0.2, 0) is 9.53 Å². The number of ether oxygens (including phenoxy) is 4. The lowest BCUT2D eigenvalue weighted by Gasteiger charge is -2.30. The Morgan fingerprint density at radius 1 is 0.884 bits per heavy atom. The molecule has 0 spiro atoms. The number of carbonyl (C=O) groups excluding carboxylic acids is 1. The third-order valence-corrected chi connectivity index (χ3v) is 7.20. The van der Waals surface area contributed by atoms with E-state index in [0.717, 1.165) is 46.1 Å². The van der Waals surface area contributed by atoms with Crippen LogP contribution in [0.5, 0.6) is 17.2 Å². The molecule has 3 aromatic rings. The molecule has 0 unspecified atom stereocenters. The summed E-state index contributed by atoms with van der Waals surface area (Å²) < 4.78 is 22.0. The van der Waals surface area contributed by atoms with Gasteiger partial charge >= 0.3 is 5.97 Å². The van der Waals surface area contributed by atoms with Gasteiger partial charge in [0.2, 0.25) is 0 Å². The Balaban J connectivity index is 1.74. The van der Waals surface area contributed by atoms with Gasteiger partial charge < -0.3 is 23.8 Å². The van der Waals surface area contributed by atoms with Crippen LogP contribution in [-0.4, -0.2) is 33.9 Å². The molecule has 222 valence electrons. The minimum atomic E-state index is -0.578. The fourth-order valence-corrected chi connectivity index (χ4v) is 5.30. The molecule has 7 nitrogen and oxygen atoms in total. The van der Waals surface area contributed by atoms with Crippen LogP contribution in [0.3, 0.4) is 0 Å². The molecule has 3 aromatic carbocycles. The topological polar surface area (TPSA) is 81.0 Å². The number of methoxy groups -OCH3 is 3. The second-order valence-corrected chi connectivity index (χ2v) is 11.0. The average molecular weight is 579 g/mol. The first-order valence-corrected chi connectivity index (χ1v) is 14.2. The summed E-state index contributed by atoms with van der Waals surface area (Å²) in [5.74, 6) is 1.61. The highest BCUT2D eigenvalue weighted by atomic mass is 16.5. The van der Waals surface area contributed by atoms with Gasteiger partial charge in [-0.25, -0.2) is 4.79 Å². The highest BCUT2D eigenvalue weighted by molar-refractivity contribution is 5.94. The predicted octanol–water partition coefficient (Wildman–Crippen LogP) is 8.33. The van der Waals surface area contributed by atoms with Gasteiger partial charge in [-0.15, -0.1) is 0 Å². The molecule has 0 saturated heterocycles. The van der Waals surface area contributed by atoms with Crippen LogP contribution in [0, 0.1) is 16.7 Å². The second kappa shape index (κ2) is 13.8.